The van der Waals surface area contributed by atoms with Crippen LogP contribution in [0.1, 0.15) is 0 Å². The molecule has 10 aromatic rings. The molecule has 0 N–H and O–H groups in total. The number of aromatic nitrogens is 1. The lowest BCUT2D eigenvalue weighted by Gasteiger charge is -2.28. The molecular weight excluding hydrogens is 637 g/mol. The number of fused-ring (bicyclic) bond motifs is 6. The van der Waals surface area contributed by atoms with E-state index in [1.807, 2.05) is 11.3 Å². The van der Waals surface area contributed by atoms with Gasteiger partial charge in [-0.15, -0.1) is 11.3 Å². The molecule has 0 bridgehead atoms. The van der Waals surface area contributed by atoms with Crippen molar-refractivity contribution in [3.63, 3.8) is 0 Å². The van der Waals surface area contributed by atoms with Crippen molar-refractivity contribution in [1.82, 2.24) is 4.57 Å². The van der Waals surface area contributed by atoms with Crippen molar-refractivity contribution < 1.29 is 0 Å². The highest BCUT2D eigenvalue weighted by molar-refractivity contribution is 7.25. The largest absolute Gasteiger partial charge is 0.310 e. The summed E-state index contributed by atoms with van der Waals surface area (Å²) < 4.78 is 4.96. The molecule has 8 aromatic carbocycles. The van der Waals surface area contributed by atoms with Gasteiger partial charge in [0, 0.05) is 53.6 Å². The smallest absolute Gasteiger partial charge is 0.0541 e. The summed E-state index contributed by atoms with van der Waals surface area (Å²) in [4.78, 5) is 2.41. The van der Waals surface area contributed by atoms with Gasteiger partial charge in [0.05, 0.1) is 16.7 Å². The molecule has 10 rings (SSSR count). The molecule has 0 saturated carbocycles. The predicted molar refractivity (Wildman–Crippen MR) is 219 cm³/mol. The monoisotopic (exact) mass is 668 g/mol. The van der Waals surface area contributed by atoms with Gasteiger partial charge in [0.1, 0.15) is 0 Å². The molecule has 0 radical (unpaired) electrons. The Labute approximate surface area is 300 Å². The summed E-state index contributed by atoms with van der Waals surface area (Å²) in [6.45, 7) is 0. The SMILES string of the molecule is c1ccc(-c2ccc(N(c3ccccc3)c3ccc4c(c3)sc3ccc(-n5c6ccccc6c6ccccc65)cc34)c(-c3ccccc3)c2)cc1. The van der Waals surface area contributed by atoms with Crippen molar-refractivity contribution >= 4 is 70.4 Å². The van der Waals surface area contributed by atoms with E-state index in [4.69, 9.17) is 0 Å². The molecule has 51 heavy (non-hydrogen) atoms. The van der Waals surface area contributed by atoms with E-state index < -0.39 is 0 Å². The van der Waals surface area contributed by atoms with Crippen LogP contribution in [-0.4, -0.2) is 4.57 Å². The number of rotatable bonds is 6. The third-order valence-corrected chi connectivity index (χ3v) is 11.1. The van der Waals surface area contributed by atoms with E-state index >= 15 is 0 Å². The first-order valence-corrected chi connectivity index (χ1v) is 18.2. The third-order valence-electron chi connectivity index (χ3n) is 9.98. The minimum atomic E-state index is 1.12. The molecule has 3 heteroatoms. The number of anilines is 3. The van der Waals surface area contributed by atoms with Crippen LogP contribution in [-0.2, 0) is 0 Å². The van der Waals surface area contributed by atoms with Gasteiger partial charge in [0.15, 0.2) is 0 Å². The van der Waals surface area contributed by atoms with Crippen molar-refractivity contribution in [2.75, 3.05) is 4.90 Å². The first-order chi connectivity index (χ1) is 25.3. The Morgan fingerprint density at radius 2 is 1.00 bits per heavy atom. The highest BCUT2D eigenvalue weighted by Gasteiger charge is 2.20. The fraction of sp³-hybridized carbons (Fsp3) is 0. The van der Waals surface area contributed by atoms with Crippen LogP contribution in [0.2, 0.25) is 0 Å². The Bertz CT molecular complexity index is 2800. The summed E-state index contributed by atoms with van der Waals surface area (Å²) in [5, 5.41) is 5.11. The Morgan fingerprint density at radius 3 is 1.71 bits per heavy atom. The summed E-state index contributed by atoms with van der Waals surface area (Å²) in [6.07, 6.45) is 0. The molecule has 0 aliphatic carbocycles. The highest BCUT2D eigenvalue weighted by Crippen LogP contribution is 2.45. The summed E-state index contributed by atoms with van der Waals surface area (Å²) in [7, 11) is 0. The second-order valence-corrected chi connectivity index (χ2v) is 14.1. The Kier molecular flexibility index (Phi) is 7.04. The lowest BCUT2D eigenvalue weighted by molar-refractivity contribution is 1.19. The Morgan fingerprint density at radius 1 is 0.373 bits per heavy atom. The van der Waals surface area contributed by atoms with E-state index in [2.05, 4.69) is 204 Å². The van der Waals surface area contributed by atoms with Crippen LogP contribution in [0.25, 0.3) is 69.9 Å². The standard InChI is InChI=1S/C48H32N2S/c1-4-14-33(15-5-1)35-24-28-46(42(30-35)34-16-6-2-7-17-34)49(36-18-8-3-9-19-36)38-25-27-41-43-31-37(26-29-47(43)51-48(41)32-38)50-44-22-12-10-20-39(44)40-21-11-13-23-45(40)50/h1-32H. The zero-order valence-corrected chi connectivity index (χ0v) is 28.6. The second-order valence-electron chi connectivity index (χ2n) is 13.0. The summed E-state index contributed by atoms with van der Waals surface area (Å²) >= 11 is 1.86. The van der Waals surface area contributed by atoms with E-state index in [0.29, 0.717) is 0 Å². The van der Waals surface area contributed by atoms with Gasteiger partial charge in [-0.2, -0.15) is 0 Å². The van der Waals surface area contributed by atoms with Crippen molar-refractivity contribution in [3.05, 3.63) is 194 Å². The number of hydrogen-bond donors (Lipinski definition) is 0. The maximum Gasteiger partial charge on any atom is 0.0541 e. The Balaban J connectivity index is 1.15. The van der Waals surface area contributed by atoms with Crippen LogP contribution >= 0.6 is 11.3 Å². The molecular formula is C48H32N2S. The van der Waals surface area contributed by atoms with Gasteiger partial charge in [0.2, 0.25) is 0 Å². The van der Waals surface area contributed by atoms with Gasteiger partial charge in [-0.3, -0.25) is 0 Å². The van der Waals surface area contributed by atoms with Crippen LogP contribution < -0.4 is 4.90 Å². The molecule has 240 valence electrons. The Hall–Kier alpha value is -6.42. The van der Waals surface area contributed by atoms with Crippen molar-refractivity contribution in [3.8, 4) is 27.9 Å². The van der Waals surface area contributed by atoms with Crippen LogP contribution in [0.5, 0.6) is 0 Å². The van der Waals surface area contributed by atoms with E-state index in [1.54, 1.807) is 0 Å². The van der Waals surface area contributed by atoms with Crippen molar-refractivity contribution in [1.29, 1.82) is 0 Å². The molecule has 0 atom stereocenters. The highest BCUT2D eigenvalue weighted by atomic mass is 32.1. The molecule has 2 heterocycles. The molecule has 0 unspecified atom stereocenters. The fourth-order valence-electron chi connectivity index (χ4n) is 7.63. The molecule has 0 aliphatic heterocycles. The quantitative estimate of drug-likeness (QED) is 0.171. The molecule has 2 aromatic heterocycles. The van der Waals surface area contributed by atoms with Gasteiger partial charge in [0.25, 0.3) is 0 Å². The van der Waals surface area contributed by atoms with E-state index in [-0.39, 0.29) is 0 Å². The first kappa shape index (κ1) is 29.5. The normalized spacial score (nSPS) is 11.5. The number of hydrogen-bond acceptors (Lipinski definition) is 2. The maximum absolute atomic E-state index is 2.41. The summed E-state index contributed by atoms with van der Waals surface area (Å²) in [6, 6.07) is 70.3. The number of benzene rings is 8. The minimum Gasteiger partial charge on any atom is -0.310 e. The van der Waals surface area contributed by atoms with Gasteiger partial charge < -0.3 is 9.47 Å². The lowest BCUT2D eigenvalue weighted by atomic mass is 9.96. The van der Waals surface area contributed by atoms with Gasteiger partial charge >= 0.3 is 0 Å². The van der Waals surface area contributed by atoms with Gasteiger partial charge in [-0.1, -0.05) is 127 Å². The molecule has 0 spiro atoms. The maximum atomic E-state index is 2.41. The summed E-state index contributed by atoms with van der Waals surface area (Å²) in [5.41, 5.74) is 11.8. The fourth-order valence-corrected chi connectivity index (χ4v) is 8.75. The van der Waals surface area contributed by atoms with E-state index in [1.165, 1.54) is 69.9 Å². The van der Waals surface area contributed by atoms with Crippen LogP contribution in [0.15, 0.2) is 194 Å². The van der Waals surface area contributed by atoms with Crippen LogP contribution in [0.4, 0.5) is 17.1 Å². The molecule has 0 aliphatic rings. The number of para-hydroxylation sites is 3. The van der Waals surface area contributed by atoms with Crippen molar-refractivity contribution in [2.45, 2.75) is 0 Å². The van der Waals surface area contributed by atoms with Gasteiger partial charge in [-0.05, 0) is 83.4 Å². The van der Waals surface area contributed by atoms with Crippen LogP contribution in [0, 0.1) is 0 Å². The van der Waals surface area contributed by atoms with E-state index in [9.17, 15) is 0 Å². The molecule has 2 nitrogen and oxygen atoms in total. The van der Waals surface area contributed by atoms with E-state index in [0.717, 1.165) is 17.1 Å². The lowest BCUT2D eigenvalue weighted by Crippen LogP contribution is -2.11. The van der Waals surface area contributed by atoms with Gasteiger partial charge in [-0.25, -0.2) is 0 Å². The number of thiophene rings is 1. The zero-order chi connectivity index (χ0) is 33.7. The predicted octanol–water partition coefficient (Wildman–Crippen LogP) is 14.0. The molecule has 0 saturated heterocycles. The number of nitrogens with zero attached hydrogens (tertiary/aromatic N) is 2. The first-order valence-electron chi connectivity index (χ1n) is 17.4. The molecule has 0 amide bonds. The zero-order valence-electron chi connectivity index (χ0n) is 27.8. The average Bonchev–Trinajstić information content (AvgIpc) is 3.74. The molecule has 0 fully saturated rings. The minimum absolute atomic E-state index is 1.12. The topological polar surface area (TPSA) is 8.17 Å². The van der Waals surface area contributed by atoms with Crippen molar-refractivity contribution in [2.24, 2.45) is 0 Å². The second kappa shape index (κ2) is 12.2. The van der Waals surface area contributed by atoms with Crippen LogP contribution in [0.3, 0.4) is 0 Å². The third kappa shape index (κ3) is 5.01. The average molecular weight is 669 g/mol. The summed E-state index contributed by atoms with van der Waals surface area (Å²) in [5.74, 6) is 0.